The molecule has 0 saturated heterocycles. The van der Waals surface area contributed by atoms with Crippen LogP contribution in [0.1, 0.15) is 44.1 Å². The van der Waals surface area contributed by atoms with E-state index in [-0.39, 0.29) is 12.2 Å². The van der Waals surface area contributed by atoms with Crippen LogP contribution in [0, 0.1) is 5.92 Å². The van der Waals surface area contributed by atoms with Crippen LogP contribution >= 0.6 is 11.6 Å². The lowest BCUT2D eigenvalue weighted by atomic mass is 9.87. The van der Waals surface area contributed by atoms with Gasteiger partial charge >= 0.3 is 5.97 Å². The molecule has 1 aromatic rings. The standard InChI is InChI=1S/C19H23ClO4/c20-16-8-4-7-15(11-16)12-17(19(22)23)18(21)13-24-10-9-14-5-2-1-3-6-14/h4,7-8,11-12,14H,1-3,5-6,9-10,13H2,(H,22,23). The van der Waals surface area contributed by atoms with Gasteiger partial charge in [-0.2, -0.15) is 0 Å². The van der Waals surface area contributed by atoms with E-state index < -0.39 is 11.8 Å². The van der Waals surface area contributed by atoms with Crippen molar-refractivity contribution in [1.29, 1.82) is 0 Å². The number of carbonyl (C=O) groups is 2. The third-order valence-corrected chi connectivity index (χ3v) is 4.55. The van der Waals surface area contributed by atoms with Gasteiger partial charge in [0.05, 0.1) is 0 Å². The fourth-order valence-electron chi connectivity index (χ4n) is 2.99. The number of ether oxygens (including phenoxy) is 1. The van der Waals surface area contributed by atoms with Crippen LogP contribution in [0.4, 0.5) is 0 Å². The predicted octanol–water partition coefficient (Wildman–Crippen LogP) is 4.36. The average Bonchev–Trinajstić information content (AvgIpc) is 2.57. The third kappa shape index (κ3) is 6.10. The van der Waals surface area contributed by atoms with Crippen molar-refractivity contribution in [2.75, 3.05) is 13.2 Å². The summed E-state index contributed by atoms with van der Waals surface area (Å²) >= 11 is 5.88. The summed E-state index contributed by atoms with van der Waals surface area (Å²) in [5, 5.41) is 9.75. The maximum absolute atomic E-state index is 12.1. The van der Waals surface area contributed by atoms with E-state index in [1.54, 1.807) is 24.3 Å². The summed E-state index contributed by atoms with van der Waals surface area (Å²) < 4.78 is 5.41. The van der Waals surface area contributed by atoms with Crippen molar-refractivity contribution < 1.29 is 19.4 Å². The SMILES string of the molecule is O=C(O)C(=Cc1cccc(Cl)c1)C(=O)COCCC1CCCCC1. The third-order valence-electron chi connectivity index (χ3n) is 4.32. The Morgan fingerprint density at radius 3 is 2.67 bits per heavy atom. The van der Waals surface area contributed by atoms with E-state index in [4.69, 9.17) is 16.3 Å². The molecule has 5 heteroatoms. The molecule has 1 aromatic carbocycles. The summed E-state index contributed by atoms with van der Waals surface area (Å²) in [5.41, 5.74) is 0.297. The minimum absolute atomic E-state index is 0.203. The molecular weight excluding hydrogens is 328 g/mol. The van der Waals surface area contributed by atoms with Gasteiger partial charge in [-0.3, -0.25) is 4.79 Å². The maximum Gasteiger partial charge on any atom is 0.339 e. The summed E-state index contributed by atoms with van der Waals surface area (Å²) in [6.45, 7) is 0.298. The highest BCUT2D eigenvalue weighted by molar-refractivity contribution is 6.30. The molecule has 1 aliphatic carbocycles. The Morgan fingerprint density at radius 1 is 1.25 bits per heavy atom. The Morgan fingerprint density at radius 2 is 2.00 bits per heavy atom. The van der Waals surface area contributed by atoms with Crippen molar-refractivity contribution >= 4 is 29.4 Å². The van der Waals surface area contributed by atoms with Crippen molar-refractivity contribution in [1.82, 2.24) is 0 Å². The number of carboxylic acid groups (broad SMARTS) is 1. The molecule has 0 bridgehead atoms. The summed E-state index contributed by atoms with van der Waals surface area (Å²) in [5.74, 6) is -1.10. The van der Waals surface area contributed by atoms with Gasteiger partial charge < -0.3 is 9.84 Å². The minimum atomic E-state index is -1.25. The van der Waals surface area contributed by atoms with Crippen LogP contribution in [-0.2, 0) is 14.3 Å². The van der Waals surface area contributed by atoms with Crippen LogP contribution in [-0.4, -0.2) is 30.1 Å². The Balaban J connectivity index is 1.86. The van der Waals surface area contributed by atoms with Gasteiger partial charge in [0.2, 0.25) is 0 Å². The Bertz CT molecular complexity index is 603. The normalized spacial score (nSPS) is 16.1. The lowest BCUT2D eigenvalue weighted by Gasteiger charge is -2.21. The molecule has 0 spiro atoms. The number of Topliss-reactive ketones (excluding diaryl/α,β-unsaturated/α-hetero) is 1. The molecule has 0 aromatic heterocycles. The molecule has 4 nitrogen and oxygen atoms in total. The molecule has 24 heavy (non-hydrogen) atoms. The zero-order chi connectivity index (χ0) is 17.4. The van der Waals surface area contributed by atoms with Gasteiger partial charge in [-0.25, -0.2) is 4.79 Å². The molecule has 0 radical (unpaired) electrons. The van der Waals surface area contributed by atoms with Crippen molar-refractivity contribution in [3.63, 3.8) is 0 Å². The molecule has 1 saturated carbocycles. The van der Waals surface area contributed by atoms with E-state index in [1.165, 1.54) is 38.2 Å². The zero-order valence-electron chi connectivity index (χ0n) is 13.7. The second-order valence-corrected chi connectivity index (χ2v) is 6.62. The van der Waals surface area contributed by atoms with Crippen LogP contribution < -0.4 is 0 Å². The van der Waals surface area contributed by atoms with Crippen molar-refractivity contribution in [2.24, 2.45) is 5.92 Å². The lowest BCUT2D eigenvalue weighted by Crippen LogP contribution is -2.19. The fraction of sp³-hybridized carbons (Fsp3) is 0.474. The second-order valence-electron chi connectivity index (χ2n) is 6.19. The number of halogens is 1. The number of ketones is 1. The lowest BCUT2D eigenvalue weighted by molar-refractivity contribution is -0.135. The van der Waals surface area contributed by atoms with Gasteiger partial charge in [0.15, 0.2) is 5.78 Å². The van der Waals surface area contributed by atoms with Gasteiger partial charge in [0.1, 0.15) is 12.2 Å². The van der Waals surface area contributed by atoms with Crippen LogP contribution in [0.15, 0.2) is 29.8 Å². The number of hydrogen-bond donors (Lipinski definition) is 1. The summed E-state index contributed by atoms with van der Waals surface area (Å²) in [6, 6.07) is 6.71. The molecule has 0 aliphatic heterocycles. The smallest absolute Gasteiger partial charge is 0.339 e. The van der Waals surface area contributed by atoms with E-state index in [1.807, 2.05) is 0 Å². The average molecular weight is 351 g/mol. The van der Waals surface area contributed by atoms with Crippen molar-refractivity contribution in [2.45, 2.75) is 38.5 Å². The van der Waals surface area contributed by atoms with E-state index in [0.29, 0.717) is 23.1 Å². The monoisotopic (exact) mass is 350 g/mol. The highest BCUT2D eigenvalue weighted by atomic mass is 35.5. The number of carbonyl (C=O) groups excluding carboxylic acids is 1. The highest BCUT2D eigenvalue weighted by Crippen LogP contribution is 2.26. The van der Waals surface area contributed by atoms with Crippen LogP contribution in [0.3, 0.4) is 0 Å². The number of carboxylic acids is 1. The van der Waals surface area contributed by atoms with Gasteiger partial charge in [-0.1, -0.05) is 55.8 Å². The van der Waals surface area contributed by atoms with E-state index in [0.717, 1.165) is 6.42 Å². The summed E-state index contributed by atoms with van der Waals surface area (Å²) in [7, 11) is 0. The van der Waals surface area contributed by atoms with Crippen LogP contribution in [0.2, 0.25) is 5.02 Å². The highest BCUT2D eigenvalue weighted by Gasteiger charge is 2.18. The van der Waals surface area contributed by atoms with Crippen LogP contribution in [0.25, 0.3) is 6.08 Å². The largest absolute Gasteiger partial charge is 0.478 e. The first-order valence-corrected chi connectivity index (χ1v) is 8.75. The van der Waals surface area contributed by atoms with Crippen molar-refractivity contribution in [3.8, 4) is 0 Å². The number of rotatable bonds is 8. The molecular formula is C19H23ClO4. The van der Waals surface area contributed by atoms with Gasteiger partial charge in [-0.05, 0) is 36.1 Å². The first-order chi connectivity index (χ1) is 11.6. The molecule has 0 heterocycles. The number of aliphatic carboxylic acids is 1. The second kappa shape index (κ2) is 9.60. The molecule has 0 unspecified atom stereocenters. The van der Waals surface area contributed by atoms with Gasteiger partial charge in [0, 0.05) is 11.6 Å². The predicted molar refractivity (Wildman–Crippen MR) is 94.1 cm³/mol. The topological polar surface area (TPSA) is 63.6 Å². The summed E-state index contributed by atoms with van der Waals surface area (Å²) in [6.07, 6.45) is 8.59. The first kappa shape index (κ1) is 18.7. The molecule has 0 atom stereocenters. The first-order valence-electron chi connectivity index (χ1n) is 8.38. The minimum Gasteiger partial charge on any atom is -0.478 e. The Hall–Kier alpha value is -1.65. The molecule has 2 rings (SSSR count). The number of benzene rings is 1. The molecule has 1 fully saturated rings. The fourth-order valence-corrected chi connectivity index (χ4v) is 3.19. The van der Waals surface area contributed by atoms with E-state index in [2.05, 4.69) is 0 Å². The molecule has 1 N–H and O–H groups in total. The van der Waals surface area contributed by atoms with Crippen molar-refractivity contribution in [3.05, 3.63) is 40.4 Å². The maximum atomic E-state index is 12.1. The summed E-state index contributed by atoms with van der Waals surface area (Å²) in [4.78, 5) is 23.5. The molecule has 1 aliphatic rings. The Kier molecular flexibility index (Phi) is 7.47. The van der Waals surface area contributed by atoms with Gasteiger partial charge in [0.25, 0.3) is 0 Å². The van der Waals surface area contributed by atoms with E-state index in [9.17, 15) is 14.7 Å². The molecule has 130 valence electrons. The molecule has 0 amide bonds. The van der Waals surface area contributed by atoms with Gasteiger partial charge in [-0.15, -0.1) is 0 Å². The Labute approximate surface area is 147 Å². The zero-order valence-corrected chi connectivity index (χ0v) is 14.4. The van der Waals surface area contributed by atoms with E-state index >= 15 is 0 Å². The van der Waals surface area contributed by atoms with Crippen LogP contribution in [0.5, 0.6) is 0 Å². The number of hydrogen-bond acceptors (Lipinski definition) is 3. The quantitative estimate of drug-likeness (QED) is 0.327.